The Hall–Kier alpha value is -1.16. The van der Waals surface area contributed by atoms with Crippen LogP contribution in [-0.4, -0.2) is 24.1 Å². The molecule has 1 aromatic rings. The standard InChI is InChI=1S/C11H19N3O/c1-5-11(6-2,15-4)10-13-8-7-9(12-3)14-10/h7-8H,5-6H2,1-4H3,(H,12,13,14). The SMILES string of the molecule is CCC(CC)(OC)c1nccc(NC)n1. The van der Waals surface area contributed by atoms with Crippen LogP contribution in [0.2, 0.25) is 0 Å². The van der Waals surface area contributed by atoms with Gasteiger partial charge in [0.05, 0.1) is 0 Å². The van der Waals surface area contributed by atoms with Gasteiger partial charge in [0.25, 0.3) is 0 Å². The van der Waals surface area contributed by atoms with E-state index in [2.05, 4.69) is 29.1 Å². The molecule has 15 heavy (non-hydrogen) atoms. The summed E-state index contributed by atoms with van der Waals surface area (Å²) in [6.07, 6.45) is 3.49. The first kappa shape index (κ1) is 11.9. The molecule has 84 valence electrons. The fourth-order valence-electron chi connectivity index (χ4n) is 1.66. The minimum atomic E-state index is -0.354. The van der Waals surface area contributed by atoms with Crippen molar-refractivity contribution in [2.24, 2.45) is 0 Å². The van der Waals surface area contributed by atoms with Crippen LogP contribution in [0.4, 0.5) is 5.82 Å². The molecule has 0 saturated heterocycles. The van der Waals surface area contributed by atoms with E-state index in [1.54, 1.807) is 13.3 Å². The van der Waals surface area contributed by atoms with Crippen LogP contribution in [0.5, 0.6) is 0 Å². The number of hydrogen-bond acceptors (Lipinski definition) is 4. The van der Waals surface area contributed by atoms with Gasteiger partial charge in [0.15, 0.2) is 5.82 Å². The number of methoxy groups -OCH3 is 1. The van der Waals surface area contributed by atoms with Gasteiger partial charge in [0, 0.05) is 20.4 Å². The molecule has 0 radical (unpaired) electrons. The van der Waals surface area contributed by atoms with Crippen LogP contribution in [0.15, 0.2) is 12.3 Å². The second-order valence-electron chi connectivity index (χ2n) is 3.42. The van der Waals surface area contributed by atoms with E-state index < -0.39 is 0 Å². The van der Waals surface area contributed by atoms with Crippen molar-refractivity contribution in [1.29, 1.82) is 0 Å². The second-order valence-corrected chi connectivity index (χ2v) is 3.42. The smallest absolute Gasteiger partial charge is 0.162 e. The predicted molar refractivity (Wildman–Crippen MR) is 60.8 cm³/mol. The second kappa shape index (κ2) is 5.07. The van der Waals surface area contributed by atoms with E-state index in [0.717, 1.165) is 24.5 Å². The van der Waals surface area contributed by atoms with Crippen LogP contribution in [0.25, 0.3) is 0 Å². The van der Waals surface area contributed by atoms with Crippen LogP contribution >= 0.6 is 0 Å². The van der Waals surface area contributed by atoms with Crippen LogP contribution in [0.3, 0.4) is 0 Å². The molecule has 0 bridgehead atoms. The Bertz CT molecular complexity index is 302. The molecule has 4 heteroatoms. The van der Waals surface area contributed by atoms with Gasteiger partial charge in [-0.15, -0.1) is 0 Å². The van der Waals surface area contributed by atoms with Gasteiger partial charge in [-0.05, 0) is 18.9 Å². The lowest BCUT2D eigenvalue weighted by molar-refractivity contribution is -0.0290. The maximum absolute atomic E-state index is 5.57. The third-order valence-corrected chi connectivity index (χ3v) is 2.85. The lowest BCUT2D eigenvalue weighted by atomic mass is 9.96. The Morgan fingerprint density at radius 1 is 1.40 bits per heavy atom. The number of hydrogen-bond donors (Lipinski definition) is 1. The third kappa shape index (κ3) is 2.26. The number of nitrogens with zero attached hydrogens (tertiary/aromatic N) is 2. The summed E-state index contributed by atoms with van der Waals surface area (Å²) in [6.45, 7) is 4.17. The topological polar surface area (TPSA) is 47.0 Å². The number of ether oxygens (including phenoxy) is 1. The summed E-state index contributed by atoms with van der Waals surface area (Å²) in [5, 5.41) is 3.01. The maximum atomic E-state index is 5.57. The molecule has 0 aliphatic heterocycles. The molecular formula is C11H19N3O. The van der Waals surface area contributed by atoms with Crippen molar-refractivity contribution in [3.63, 3.8) is 0 Å². The molecular weight excluding hydrogens is 190 g/mol. The number of aromatic nitrogens is 2. The monoisotopic (exact) mass is 209 g/mol. The van der Waals surface area contributed by atoms with Crippen molar-refractivity contribution in [2.45, 2.75) is 32.3 Å². The largest absolute Gasteiger partial charge is 0.373 e. The van der Waals surface area contributed by atoms with Crippen molar-refractivity contribution < 1.29 is 4.74 Å². The molecule has 1 aromatic heterocycles. The Morgan fingerprint density at radius 3 is 2.53 bits per heavy atom. The molecule has 0 saturated carbocycles. The van der Waals surface area contributed by atoms with Gasteiger partial charge < -0.3 is 10.1 Å². The molecule has 0 amide bonds. The summed E-state index contributed by atoms with van der Waals surface area (Å²) in [5.74, 6) is 1.57. The van der Waals surface area contributed by atoms with Crippen LogP contribution in [0.1, 0.15) is 32.5 Å². The summed E-state index contributed by atoms with van der Waals surface area (Å²) in [5.41, 5.74) is -0.354. The van der Waals surface area contributed by atoms with Gasteiger partial charge in [-0.3, -0.25) is 0 Å². The number of anilines is 1. The lowest BCUT2D eigenvalue weighted by Gasteiger charge is -2.28. The summed E-state index contributed by atoms with van der Waals surface area (Å²) in [7, 11) is 3.56. The molecule has 1 rings (SSSR count). The van der Waals surface area contributed by atoms with Crippen molar-refractivity contribution in [1.82, 2.24) is 9.97 Å². The van der Waals surface area contributed by atoms with E-state index in [-0.39, 0.29) is 5.60 Å². The lowest BCUT2D eigenvalue weighted by Crippen LogP contribution is -2.29. The number of rotatable bonds is 5. The molecule has 1 N–H and O–H groups in total. The quantitative estimate of drug-likeness (QED) is 0.807. The van der Waals surface area contributed by atoms with E-state index in [0.29, 0.717) is 0 Å². The zero-order valence-electron chi connectivity index (χ0n) is 9.87. The van der Waals surface area contributed by atoms with Crippen molar-refractivity contribution in [3.05, 3.63) is 18.1 Å². The van der Waals surface area contributed by atoms with E-state index in [1.807, 2.05) is 13.1 Å². The van der Waals surface area contributed by atoms with Crippen LogP contribution in [-0.2, 0) is 10.3 Å². The van der Waals surface area contributed by atoms with Gasteiger partial charge in [0.1, 0.15) is 11.4 Å². The number of nitrogens with one attached hydrogen (secondary N) is 1. The molecule has 1 heterocycles. The highest BCUT2D eigenvalue weighted by Gasteiger charge is 2.31. The highest BCUT2D eigenvalue weighted by atomic mass is 16.5. The first-order valence-electron chi connectivity index (χ1n) is 5.28. The first-order chi connectivity index (χ1) is 7.22. The van der Waals surface area contributed by atoms with E-state index >= 15 is 0 Å². The Balaban J connectivity index is 3.10. The summed E-state index contributed by atoms with van der Waals surface area (Å²) >= 11 is 0. The highest BCUT2D eigenvalue weighted by Crippen LogP contribution is 2.29. The Labute approximate surface area is 91.1 Å². The van der Waals surface area contributed by atoms with Gasteiger partial charge in [-0.25, -0.2) is 9.97 Å². The van der Waals surface area contributed by atoms with Crippen LogP contribution < -0.4 is 5.32 Å². The molecule has 4 nitrogen and oxygen atoms in total. The third-order valence-electron chi connectivity index (χ3n) is 2.85. The van der Waals surface area contributed by atoms with Crippen molar-refractivity contribution in [2.75, 3.05) is 19.5 Å². The van der Waals surface area contributed by atoms with Gasteiger partial charge in [-0.1, -0.05) is 13.8 Å². The van der Waals surface area contributed by atoms with E-state index in [1.165, 1.54) is 0 Å². The van der Waals surface area contributed by atoms with Gasteiger partial charge in [-0.2, -0.15) is 0 Å². The molecule has 0 spiro atoms. The summed E-state index contributed by atoms with van der Waals surface area (Å²) in [6, 6.07) is 1.84. The summed E-state index contributed by atoms with van der Waals surface area (Å²) in [4.78, 5) is 8.73. The first-order valence-corrected chi connectivity index (χ1v) is 5.28. The average Bonchev–Trinajstić information content (AvgIpc) is 2.32. The molecule has 0 aliphatic rings. The van der Waals surface area contributed by atoms with E-state index in [9.17, 15) is 0 Å². The van der Waals surface area contributed by atoms with Crippen LogP contribution in [0, 0.1) is 0 Å². The minimum Gasteiger partial charge on any atom is -0.373 e. The fourth-order valence-corrected chi connectivity index (χ4v) is 1.66. The molecule has 0 aliphatic carbocycles. The molecule has 0 unspecified atom stereocenters. The molecule has 0 fully saturated rings. The summed E-state index contributed by atoms with van der Waals surface area (Å²) < 4.78 is 5.57. The zero-order chi connectivity index (χ0) is 11.3. The van der Waals surface area contributed by atoms with Crippen molar-refractivity contribution >= 4 is 5.82 Å². The van der Waals surface area contributed by atoms with Gasteiger partial charge >= 0.3 is 0 Å². The average molecular weight is 209 g/mol. The van der Waals surface area contributed by atoms with Gasteiger partial charge in [0.2, 0.25) is 0 Å². The normalized spacial score (nSPS) is 11.5. The highest BCUT2D eigenvalue weighted by molar-refractivity contribution is 5.32. The Kier molecular flexibility index (Phi) is 4.03. The molecule has 0 aromatic carbocycles. The minimum absolute atomic E-state index is 0.354. The predicted octanol–water partition coefficient (Wildman–Crippen LogP) is 2.18. The Morgan fingerprint density at radius 2 is 2.07 bits per heavy atom. The zero-order valence-corrected chi connectivity index (χ0v) is 9.87. The van der Waals surface area contributed by atoms with E-state index in [4.69, 9.17) is 4.74 Å². The fraction of sp³-hybridized carbons (Fsp3) is 0.636. The van der Waals surface area contributed by atoms with Crippen molar-refractivity contribution in [3.8, 4) is 0 Å². The molecule has 0 atom stereocenters. The maximum Gasteiger partial charge on any atom is 0.162 e.